The molecule has 1 aromatic heterocycles. The minimum Gasteiger partial charge on any atom is -0.455 e. The van der Waals surface area contributed by atoms with Crippen LogP contribution in [0.3, 0.4) is 0 Å². The monoisotopic (exact) mass is 411 g/mol. The third-order valence-corrected chi connectivity index (χ3v) is 5.79. The van der Waals surface area contributed by atoms with Gasteiger partial charge in [-0.05, 0) is 42.3 Å². The van der Waals surface area contributed by atoms with Gasteiger partial charge in [-0.15, -0.1) is 0 Å². The highest BCUT2D eigenvalue weighted by atomic mass is 32.2. The molecule has 0 radical (unpaired) electrons. The number of hydrogen-bond donors (Lipinski definition) is 1. The minimum absolute atomic E-state index is 0.202. The molecule has 1 aliphatic heterocycles. The number of fused-ring (bicyclic) bond motifs is 1. The van der Waals surface area contributed by atoms with Gasteiger partial charge < -0.3 is 19.2 Å². The van der Waals surface area contributed by atoms with E-state index in [9.17, 15) is 9.00 Å². The SMILES string of the molecule is Cc1ccc(C[S@](=O)Cc2ccc(C(=O)NCc3ccc4c(c3)OCO4)o2)cc1. The van der Waals surface area contributed by atoms with Gasteiger partial charge in [0.05, 0.1) is 5.75 Å². The largest absolute Gasteiger partial charge is 0.455 e. The molecule has 0 aliphatic carbocycles. The highest BCUT2D eigenvalue weighted by Gasteiger charge is 2.15. The molecule has 0 fully saturated rings. The standard InChI is InChI=1S/C22H21NO5S/c1-15-2-4-16(5-3-15)12-29(25)13-18-7-9-20(28-18)22(24)23-11-17-6-8-19-21(10-17)27-14-26-19/h2-10H,11-14H2,1H3,(H,23,24)/t29-/m0/s1. The first-order valence-corrected chi connectivity index (χ1v) is 10.7. The second-order valence-electron chi connectivity index (χ2n) is 6.85. The molecular formula is C22H21NO5S. The van der Waals surface area contributed by atoms with E-state index in [1.54, 1.807) is 12.1 Å². The fraction of sp³-hybridized carbons (Fsp3) is 0.227. The molecule has 3 aromatic rings. The molecule has 1 amide bonds. The smallest absolute Gasteiger partial charge is 0.287 e. The number of nitrogens with one attached hydrogen (secondary N) is 1. The highest BCUT2D eigenvalue weighted by molar-refractivity contribution is 7.83. The Morgan fingerprint density at radius 3 is 2.55 bits per heavy atom. The van der Waals surface area contributed by atoms with Crippen molar-refractivity contribution >= 4 is 16.7 Å². The lowest BCUT2D eigenvalue weighted by atomic mass is 10.2. The molecule has 1 N–H and O–H groups in total. The van der Waals surface area contributed by atoms with Gasteiger partial charge in [-0.3, -0.25) is 9.00 Å². The summed E-state index contributed by atoms with van der Waals surface area (Å²) in [7, 11) is -1.11. The molecule has 1 atom stereocenters. The van der Waals surface area contributed by atoms with Gasteiger partial charge >= 0.3 is 0 Å². The number of rotatable bonds is 7. The van der Waals surface area contributed by atoms with E-state index in [0.29, 0.717) is 29.6 Å². The van der Waals surface area contributed by atoms with Gasteiger partial charge in [-0.25, -0.2) is 0 Å². The second kappa shape index (κ2) is 8.53. The van der Waals surface area contributed by atoms with Gasteiger partial charge in [0.2, 0.25) is 6.79 Å². The van der Waals surface area contributed by atoms with Crippen molar-refractivity contribution in [1.82, 2.24) is 5.32 Å². The van der Waals surface area contributed by atoms with E-state index in [1.165, 1.54) is 5.56 Å². The Morgan fingerprint density at radius 2 is 1.72 bits per heavy atom. The molecule has 4 rings (SSSR count). The Morgan fingerprint density at radius 1 is 0.966 bits per heavy atom. The van der Waals surface area contributed by atoms with E-state index in [-0.39, 0.29) is 24.2 Å². The normalized spacial score (nSPS) is 13.3. The summed E-state index contributed by atoms with van der Waals surface area (Å²) in [4.78, 5) is 12.3. The molecule has 29 heavy (non-hydrogen) atoms. The molecule has 0 spiro atoms. The maximum atomic E-state index is 12.4. The van der Waals surface area contributed by atoms with Crippen LogP contribution in [0, 0.1) is 6.92 Å². The molecule has 7 heteroatoms. The molecule has 1 aliphatic rings. The fourth-order valence-electron chi connectivity index (χ4n) is 2.98. The van der Waals surface area contributed by atoms with Gasteiger partial charge in [-0.2, -0.15) is 0 Å². The van der Waals surface area contributed by atoms with Gasteiger partial charge in [0.25, 0.3) is 5.91 Å². The van der Waals surface area contributed by atoms with Crippen molar-refractivity contribution in [2.24, 2.45) is 0 Å². The summed E-state index contributed by atoms with van der Waals surface area (Å²) in [5, 5.41) is 2.81. The molecule has 6 nitrogen and oxygen atoms in total. The van der Waals surface area contributed by atoms with E-state index < -0.39 is 10.8 Å². The Bertz CT molecular complexity index is 1040. The summed E-state index contributed by atoms with van der Waals surface area (Å²) in [6.45, 7) is 2.57. The quantitative estimate of drug-likeness (QED) is 0.642. The third kappa shape index (κ3) is 4.86. The van der Waals surface area contributed by atoms with Gasteiger partial charge in [0.15, 0.2) is 17.3 Å². The minimum atomic E-state index is -1.11. The van der Waals surface area contributed by atoms with Crippen LogP contribution >= 0.6 is 0 Å². The number of carbonyl (C=O) groups is 1. The van der Waals surface area contributed by atoms with Gasteiger partial charge in [0, 0.05) is 23.1 Å². The van der Waals surface area contributed by atoms with Crippen LogP contribution in [0.2, 0.25) is 0 Å². The summed E-state index contributed by atoms with van der Waals surface area (Å²) in [6.07, 6.45) is 0. The first kappa shape index (κ1) is 19.3. The van der Waals surface area contributed by atoms with Crippen LogP contribution in [0.4, 0.5) is 0 Å². The lowest BCUT2D eigenvalue weighted by molar-refractivity contribution is 0.0921. The summed E-state index contributed by atoms with van der Waals surface area (Å²) in [5.41, 5.74) is 3.08. The zero-order valence-electron chi connectivity index (χ0n) is 16.0. The van der Waals surface area contributed by atoms with Crippen molar-refractivity contribution in [3.63, 3.8) is 0 Å². The third-order valence-electron chi connectivity index (χ3n) is 4.53. The highest BCUT2D eigenvalue weighted by Crippen LogP contribution is 2.32. The van der Waals surface area contributed by atoms with Crippen molar-refractivity contribution in [1.29, 1.82) is 0 Å². The lowest BCUT2D eigenvalue weighted by Crippen LogP contribution is -2.22. The Kier molecular flexibility index (Phi) is 5.67. The van der Waals surface area contributed by atoms with Crippen LogP contribution in [0.15, 0.2) is 59.0 Å². The maximum Gasteiger partial charge on any atom is 0.287 e. The number of carbonyl (C=O) groups excluding carboxylic acids is 1. The van der Waals surface area contributed by atoms with E-state index in [2.05, 4.69) is 5.32 Å². The molecule has 0 saturated heterocycles. The molecule has 2 aromatic carbocycles. The van der Waals surface area contributed by atoms with Crippen LogP contribution in [0.5, 0.6) is 11.5 Å². The summed E-state index contributed by atoms with van der Waals surface area (Å²) in [5.74, 6) is 2.51. The lowest BCUT2D eigenvalue weighted by Gasteiger charge is -2.05. The van der Waals surface area contributed by atoms with Crippen LogP contribution in [-0.4, -0.2) is 16.9 Å². The molecule has 0 unspecified atom stereocenters. The van der Waals surface area contributed by atoms with Gasteiger partial charge in [0.1, 0.15) is 5.76 Å². The Labute approximate surface area is 171 Å². The fourth-order valence-corrected chi connectivity index (χ4v) is 4.12. The van der Waals surface area contributed by atoms with E-state index in [1.807, 2.05) is 49.4 Å². The number of furan rings is 1. The molecular weight excluding hydrogens is 390 g/mol. The van der Waals surface area contributed by atoms with Crippen molar-refractivity contribution in [2.45, 2.75) is 25.0 Å². The van der Waals surface area contributed by atoms with Crippen molar-refractivity contribution in [2.75, 3.05) is 6.79 Å². The number of hydrogen-bond acceptors (Lipinski definition) is 5. The molecule has 150 valence electrons. The van der Waals surface area contributed by atoms with E-state index in [0.717, 1.165) is 11.1 Å². The maximum absolute atomic E-state index is 12.4. The second-order valence-corrected chi connectivity index (χ2v) is 8.31. The number of amides is 1. The van der Waals surface area contributed by atoms with Crippen LogP contribution < -0.4 is 14.8 Å². The number of ether oxygens (including phenoxy) is 2. The topological polar surface area (TPSA) is 77.8 Å². The van der Waals surface area contributed by atoms with Crippen LogP contribution in [0.1, 0.15) is 33.0 Å². The Hall–Kier alpha value is -3.06. The predicted molar refractivity (Wildman–Crippen MR) is 109 cm³/mol. The first-order valence-electron chi connectivity index (χ1n) is 9.23. The van der Waals surface area contributed by atoms with Crippen molar-refractivity contribution < 1.29 is 22.9 Å². The van der Waals surface area contributed by atoms with E-state index >= 15 is 0 Å². The van der Waals surface area contributed by atoms with Crippen LogP contribution in [-0.2, 0) is 28.9 Å². The molecule has 0 saturated carbocycles. The molecule has 2 heterocycles. The average Bonchev–Trinajstić information content (AvgIpc) is 3.37. The zero-order chi connectivity index (χ0) is 20.2. The summed E-state index contributed by atoms with van der Waals surface area (Å²) in [6, 6.07) is 16.8. The first-order chi connectivity index (χ1) is 14.1. The van der Waals surface area contributed by atoms with E-state index in [4.69, 9.17) is 13.9 Å². The number of aryl methyl sites for hydroxylation is 1. The van der Waals surface area contributed by atoms with Gasteiger partial charge in [-0.1, -0.05) is 35.9 Å². The average molecular weight is 411 g/mol. The van der Waals surface area contributed by atoms with Crippen molar-refractivity contribution in [3.8, 4) is 11.5 Å². The van der Waals surface area contributed by atoms with Crippen LogP contribution in [0.25, 0.3) is 0 Å². The molecule has 0 bridgehead atoms. The summed E-state index contributed by atoms with van der Waals surface area (Å²) >= 11 is 0. The number of benzene rings is 2. The Balaban J connectivity index is 1.30. The van der Waals surface area contributed by atoms with Crippen molar-refractivity contribution in [3.05, 3.63) is 82.8 Å². The summed E-state index contributed by atoms with van der Waals surface area (Å²) < 4.78 is 28.6. The predicted octanol–water partition coefficient (Wildman–Crippen LogP) is 3.70. The zero-order valence-corrected chi connectivity index (χ0v) is 16.8.